The number of carbonyl (C=O) groups is 2. The van der Waals surface area contributed by atoms with E-state index in [0.29, 0.717) is 49.3 Å². The highest BCUT2D eigenvalue weighted by atomic mass is 32.1. The summed E-state index contributed by atoms with van der Waals surface area (Å²) in [4.78, 5) is 40.0. The van der Waals surface area contributed by atoms with Crippen molar-refractivity contribution in [2.75, 3.05) is 36.5 Å². The van der Waals surface area contributed by atoms with Crippen LogP contribution in [0.3, 0.4) is 0 Å². The highest BCUT2D eigenvalue weighted by Gasteiger charge is 2.34. The molecule has 36 heavy (non-hydrogen) atoms. The molecule has 1 aliphatic heterocycles. The molecule has 1 N–H and O–H groups in total. The van der Waals surface area contributed by atoms with E-state index in [9.17, 15) is 27.2 Å². The number of thiazole rings is 1. The fourth-order valence-electron chi connectivity index (χ4n) is 3.57. The van der Waals surface area contributed by atoms with Gasteiger partial charge in [0.25, 0.3) is 5.91 Å². The van der Waals surface area contributed by atoms with Crippen LogP contribution in [0.5, 0.6) is 0 Å². The fraction of sp³-hybridized carbons (Fsp3) is 0.348. The number of Topliss-reactive ketones (excluding diaryl/α,β-unsaturated/α-hetero) is 1. The third-order valence-corrected chi connectivity index (χ3v) is 6.69. The summed E-state index contributed by atoms with van der Waals surface area (Å²) < 4.78 is 57.6. The smallest absolute Gasteiger partial charge is 0.378 e. The molecule has 0 spiro atoms. The number of hydrogen-bond donors (Lipinski definition) is 1. The van der Waals surface area contributed by atoms with Crippen molar-refractivity contribution in [3.63, 3.8) is 0 Å². The summed E-state index contributed by atoms with van der Waals surface area (Å²) in [5.74, 6) is -2.03. The fourth-order valence-corrected chi connectivity index (χ4v) is 4.43. The van der Waals surface area contributed by atoms with Crippen LogP contribution in [0.15, 0.2) is 36.8 Å². The molecule has 13 heteroatoms. The molecule has 0 radical (unpaired) electrons. The van der Waals surface area contributed by atoms with Gasteiger partial charge in [-0.15, -0.1) is 11.3 Å². The van der Waals surface area contributed by atoms with Crippen molar-refractivity contribution in [1.29, 1.82) is 0 Å². The highest BCUT2D eigenvalue weighted by molar-refractivity contribution is 7.13. The molecule has 1 unspecified atom stereocenters. The number of rotatable bonds is 7. The maximum atomic E-state index is 13.5. The number of anilines is 2. The normalized spacial score (nSPS) is 15.0. The molecule has 1 fully saturated rings. The molecule has 8 nitrogen and oxygen atoms in total. The summed E-state index contributed by atoms with van der Waals surface area (Å²) in [5, 5.41) is 2.83. The quantitative estimate of drug-likeness (QED) is 0.358. The van der Waals surface area contributed by atoms with Crippen LogP contribution >= 0.6 is 11.3 Å². The Bertz CT molecular complexity index is 1260. The van der Waals surface area contributed by atoms with Gasteiger partial charge in [0.1, 0.15) is 28.5 Å². The van der Waals surface area contributed by atoms with Crippen LogP contribution in [0.25, 0.3) is 0 Å². The SMILES string of the molecule is CC(CC(=O)c1cc(N2CCOCC2)ncn1)c1ncc(C(=O)Nc2ccc(F)c(C(F)(F)F)c2)s1. The van der Waals surface area contributed by atoms with E-state index < -0.39 is 23.5 Å². The molecule has 1 atom stereocenters. The summed E-state index contributed by atoms with van der Waals surface area (Å²) in [5.41, 5.74) is -1.41. The minimum atomic E-state index is -4.89. The van der Waals surface area contributed by atoms with Gasteiger partial charge in [-0.2, -0.15) is 13.2 Å². The molecule has 1 aromatic carbocycles. The van der Waals surface area contributed by atoms with Crippen molar-refractivity contribution in [2.24, 2.45) is 0 Å². The number of ketones is 1. The second-order valence-electron chi connectivity index (χ2n) is 8.10. The van der Waals surface area contributed by atoms with Crippen LogP contribution in [-0.4, -0.2) is 52.9 Å². The van der Waals surface area contributed by atoms with Crippen molar-refractivity contribution in [2.45, 2.75) is 25.4 Å². The van der Waals surface area contributed by atoms with Gasteiger partial charge in [-0.3, -0.25) is 9.59 Å². The average molecular weight is 524 g/mol. The number of morpholine rings is 1. The Labute approximate surface area is 207 Å². The lowest BCUT2D eigenvalue weighted by Gasteiger charge is -2.27. The Balaban J connectivity index is 1.40. The Morgan fingerprint density at radius 2 is 1.92 bits per heavy atom. The first-order valence-electron chi connectivity index (χ1n) is 10.9. The standard InChI is InChI=1S/C23H21F4N5O3S/c1-13(8-18(33)17-10-20(30-12-29-17)32-4-6-35-7-5-32)22-28-11-19(36-22)21(34)31-14-2-3-16(24)15(9-14)23(25,26)27/h2-3,9-13H,4-8H2,1H3,(H,31,34). The lowest BCUT2D eigenvalue weighted by Crippen LogP contribution is -2.36. The first-order valence-corrected chi connectivity index (χ1v) is 11.7. The number of ether oxygens (including phenoxy) is 1. The van der Waals surface area contributed by atoms with E-state index >= 15 is 0 Å². The number of nitrogens with zero attached hydrogens (tertiary/aromatic N) is 4. The second-order valence-corrected chi connectivity index (χ2v) is 9.16. The zero-order valence-electron chi connectivity index (χ0n) is 19.0. The number of hydrogen-bond acceptors (Lipinski definition) is 8. The number of alkyl halides is 3. The number of aromatic nitrogens is 3. The molecule has 1 aliphatic rings. The topological polar surface area (TPSA) is 97.3 Å². The average Bonchev–Trinajstić information content (AvgIpc) is 3.36. The minimum Gasteiger partial charge on any atom is -0.378 e. The molecule has 190 valence electrons. The Hall–Kier alpha value is -3.45. The molecule has 2 aromatic heterocycles. The summed E-state index contributed by atoms with van der Waals surface area (Å²) in [6.45, 7) is 4.27. The van der Waals surface area contributed by atoms with Gasteiger partial charge < -0.3 is 15.0 Å². The van der Waals surface area contributed by atoms with E-state index in [0.717, 1.165) is 17.4 Å². The Morgan fingerprint density at radius 3 is 2.64 bits per heavy atom. The monoisotopic (exact) mass is 523 g/mol. The molecule has 3 heterocycles. The van der Waals surface area contributed by atoms with Crippen molar-refractivity contribution >= 4 is 34.5 Å². The molecule has 3 aromatic rings. The summed E-state index contributed by atoms with van der Waals surface area (Å²) >= 11 is 1.02. The summed E-state index contributed by atoms with van der Waals surface area (Å²) in [7, 11) is 0. The number of carbonyl (C=O) groups excluding carboxylic acids is 2. The Kier molecular flexibility index (Phi) is 7.59. The predicted octanol–water partition coefficient (Wildman–Crippen LogP) is 4.56. The number of nitrogens with one attached hydrogen (secondary N) is 1. The van der Waals surface area contributed by atoms with Crippen molar-refractivity contribution in [1.82, 2.24) is 15.0 Å². The predicted molar refractivity (Wildman–Crippen MR) is 124 cm³/mol. The molecule has 0 saturated carbocycles. The van der Waals surface area contributed by atoms with E-state index in [1.54, 1.807) is 13.0 Å². The van der Waals surface area contributed by atoms with Gasteiger partial charge in [-0.25, -0.2) is 19.3 Å². The van der Waals surface area contributed by atoms with Crippen molar-refractivity contribution in [3.8, 4) is 0 Å². The molecular weight excluding hydrogens is 502 g/mol. The van der Waals surface area contributed by atoms with E-state index in [4.69, 9.17) is 4.74 Å². The van der Waals surface area contributed by atoms with Crippen LogP contribution in [0.2, 0.25) is 0 Å². The molecule has 0 aliphatic carbocycles. The van der Waals surface area contributed by atoms with Gasteiger partial charge in [-0.05, 0) is 18.2 Å². The molecule has 0 bridgehead atoms. The van der Waals surface area contributed by atoms with Crippen LogP contribution in [0, 0.1) is 5.82 Å². The van der Waals surface area contributed by atoms with E-state index in [-0.39, 0.29) is 34.4 Å². The molecule has 1 amide bonds. The van der Waals surface area contributed by atoms with E-state index in [1.807, 2.05) is 4.90 Å². The van der Waals surface area contributed by atoms with Gasteiger partial charge in [-0.1, -0.05) is 6.92 Å². The number of amides is 1. The molecule has 4 rings (SSSR count). The Morgan fingerprint density at radius 1 is 1.17 bits per heavy atom. The largest absolute Gasteiger partial charge is 0.419 e. The van der Waals surface area contributed by atoms with Crippen LogP contribution in [-0.2, 0) is 10.9 Å². The lowest BCUT2D eigenvalue weighted by atomic mass is 10.0. The number of halogens is 4. The number of benzene rings is 1. The third-order valence-electron chi connectivity index (χ3n) is 5.46. The van der Waals surface area contributed by atoms with Gasteiger partial charge in [0.05, 0.1) is 30.0 Å². The zero-order chi connectivity index (χ0) is 25.9. The maximum absolute atomic E-state index is 13.5. The second kappa shape index (κ2) is 10.7. The van der Waals surface area contributed by atoms with Crippen LogP contribution in [0.4, 0.5) is 29.1 Å². The van der Waals surface area contributed by atoms with E-state index in [2.05, 4.69) is 20.3 Å². The molecular formula is C23H21F4N5O3S. The van der Waals surface area contributed by atoms with Gasteiger partial charge in [0, 0.05) is 37.2 Å². The van der Waals surface area contributed by atoms with Crippen molar-refractivity contribution < 1.29 is 31.9 Å². The van der Waals surface area contributed by atoms with Crippen molar-refractivity contribution in [3.05, 3.63) is 63.7 Å². The van der Waals surface area contributed by atoms with Crippen LogP contribution in [0.1, 0.15) is 50.0 Å². The third kappa shape index (κ3) is 6.02. The first-order chi connectivity index (χ1) is 17.1. The molecule has 1 saturated heterocycles. The minimum absolute atomic E-state index is 0.0844. The van der Waals surface area contributed by atoms with Gasteiger partial charge in [0.2, 0.25) is 0 Å². The highest BCUT2D eigenvalue weighted by Crippen LogP contribution is 2.33. The summed E-state index contributed by atoms with van der Waals surface area (Å²) in [6, 6.07) is 3.85. The lowest BCUT2D eigenvalue weighted by molar-refractivity contribution is -0.139. The zero-order valence-corrected chi connectivity index (χ0v) is 19.8. The summed E-state index contributed by atoms with van der Waals surface area (Å²) in [6.07, 6.45) is -2.18. The first kappa shape index (κ1) is 25.6. The van der Waals surface area contributed by atoms with Crippen LogP contribution < -0.4 is 10.2 Å². The van der Waals surface area contributed by atoms with E-state index in [1.165, 1.54) is 12.5 Å². The van der Waals surface area contributed by atoms with Gasteiger partial charge >= 0.3 is 6.18 Å². The maximum Gasteiger partial charge on any atom is 0.419 e. The van der Waals surface area contributed by atoms with Gasteiger partial charge in [0.15, 0.2) is 5.78 Å².